The smallest absolute Gasteiger partial charge is 0.252 e. The van der Waals surface area contributed by atoms with Crippen molar-refractivity contribution in [2.75, 3.05) is 7.11 Å². The SMILES string of the molecule is COc1ccc2nccc(C(=O)NCc3ccc(S(N)(=O)=O)cc3)c2c1. The number of benzene rings is 2. The first-order valence-corrected chi connectivity index (χ1v) is 9.26. The highest BCUT2D eigenvalue weighted by Crippen LogP contribution is 2.22. The molecule has 0 radical (unpaired) electrons. The molecule has 3 aromatic rings. The summed E-state index contributed by atoms with van der Waals surface area (Å²) in [7, 11) is -2.17. The van der Waals surface area contributed by atoms with Gasteiger partial charge in [0.2, 0.25) is 10.0 Å². The van der Waals surface area contributed by atoms with Crippen LogP contribution in [0.5, 0.6) is 5.75 Å². The zero-order valence-electron chi connectivity index (χ0n) is 14.0. The molecule has 3 rings (SSSR count). The van der Waals surface area contributed by atoms with E-state index in [1.807, 2.05) is 0 Å². The third-order valence-corrected chi connectivity index (χ3v) is 4.83. The van der Waals surface area contributed by atoms with Gasteiger partial charge in [-0.1, -0.05) is 12.1 Å². The number of pyridine rings is 1. The monoisotopic (exact) mass is 371 g/mol. The maximum atomic E-state index is 12.6. The molecule has 0 aliphatic rings. The fourth-order valence-electron chi connectivity index (χ4n) is 2.52. The molecule has 0 aliphatic carbocycles. The van der Waals surface area contributed by atoms with Crippen LogP contribution in [-0.4, -0.2) is 26.4 Å². The fourth-order valence-corrected chi connectivity index (χ4v) is 3.04. The maximum absolute atomic E-state index is 12.6. The normalized spacial score (nSPS) is 11.3. The van der Waals surface area contributed by atoms with Gasteiger partial charge in [-0.15, -0.1) is 0 Å². The van der Waals surface area contributed by atoms with Gasteiger partial charge in [0.1, 0.15) is 5.75 Å². The Kier molecular flexibility index (Phi) is 4.88. The van der Waals surface area contributed by atoms with E-state index in [-0.39, 0.29) is 17.3 Å². The van der Waals surface area contributed by atoms with E-state index in [0.29, 0.717) is 22.2 Å². The number of nitrogens with two attached hydrogens (primary N) is 1. The van der Waals surface area contributed by atoms with E-state index >= 15 is 0 Å². The van der Waals surface area contributed by atoms with Crippen LogP contribution in [0.2, 0.25) is 0 Å². The van der Waals surface area contributed by atoms with Gasteiger partial charge >= 0.3 is 0 Å². The van der Waals surface area contributed by atoms with E-state index in [1.54, 1.807) is 49.7 Å². The lowest BCUT2D eigenvalue weighted by Gasteiger charge is -2.09. The van der Waals surface area contributed by atoms with Crippen molar-refractivity contribution < 1.29 is 17.9 Å². The molecule has 0 spiro atoms. The number of fused-ring (bicyclic) bond motifs is 1. The van der Waals surface area contributed by atoms with Gasteiger partial charge in [0, 0.05) is 18.1 Å². The van der Waals surface area contributed by atoms with Gasteiger partial charge in [0.05, 0.1) is 23.1 Å². The Morgan fingerprint density at radius 2 is 1.88 bits per heavy atom. The molecule has 0 saturated heterocycles. The maximum Gasteiger partial charge on any atom is 0.252 e. The van der Waals surface area contributed by atoms with Crippen LogP contribution in [0.15, 0.2) is 59.6 Å². The van der Waals surface area contributed by atoms with E-state index in [2.05, 4.69) is 10.3 Å². The van der Waals surface area contributed by atoms with Crippen molar-refractivity contribution in [2.45, 2.75) is 11.4 Å². The quantitative estimate of drug-likeness (QED) is 0.711. The topological polar surface area (TPSA) is 111 Å². The molecule has 26 heavy (non-hydrogen) atoms. The summed E-state index contributed by atoms with van der Waals surface area (Å²) < 4.78 is 27.7. The predicted molar refractivity (Wildman–Crippen MR) is 97.3 cm³/mol. The summed E-state index contributed by atoms with van der Waals surface area (Å²) in [4.78, 5) is 16.8. The molecule has 3 N–H and O–H groups in total. The summed E-state index contributed by atoms with van der Waals surface area (Å²) in [5.41, 5.74) is 1.92. The first kappa shape index (κ1) is 17.8. The molecule has 2 aromatic carbocycles. The number of carbonyl (C=O) groups is 1. The van der Waals surface area contributed by atoms with Crippen molar-refractivity contribution in [2.24, 2.45) is 5.14 Å². The molecule has 0 fully saturated rings. The minimum atomic E-state index is -3.73. The number of aromatic nitrogens is 1. The number of methoxy groups -OCH3 is 1. The van der Waals surface area contributed by atoms with Gasteiger partial charge in [-0.05, 0) is 42.0 Å². The zero-order valence-corrected chi connectivity index (χ0v) is 14.8. The number of nitrogens with zero attached hydrogens (tertiary/aromatic N) is 1. The molecule has 134 valence electrons. The van der Waals surface area contributed by atoms with E-state index in [0.717, 1.165) is 5.56 Å². The zero-order chi connectivity index (χ0) is 18.7. The molecular formula is C18H17N3O4S. The molecular weight excluding hydrogens is 354 g/mol. The van der Waals surface area contributed by atoms with E-state index in [4.69, 9.17) is 9.88 Å². The number of sulfonamides is 1. The standard InChI is InChI=1S/C18H17N3O4S/c1-25-13-4-7-17-16(10-13)15(8-9-20-17)18(22)21-11-12-2-5-14(6-3-12)26(19,23)24/h2-10H,11H2,1H3,(H,21,22)(H2,19,23,24). The fraction of sp³-hybridized carbons (Fsp3) is 0.111. The number of hydrogen-bond donors (Lipinski definition) is 2. The van der Waals surface area contributed by atoms with Crippen LogP contribution in [-0.2, 0) is 16.6 Å². The van der Waals surface area contributed by atoms with E-state index < -0.39 is 10.0 Å². The summed E-state index contributed by atoms with van der Waals surface area (Å²) >= 11 is 0. The minimum absolute atomic E-state index is 0.0276. The van der Waals surface area contributed by atoms with Gasteiger partial charge in [-0.25, -0.2) is 13.6 Å². The van der Waals surface area contributed by atoms with Gasteiger partial charge in [0.25, 0.3) is 5.91 Å². The number of ether oxygens (including phenoxy) is 1. The minimum Gasteiger partial charge on any atom is -0.497 e. The lowest BCUT2D eigenvalue weighted by molar-refractivity contribution is 0.0952. The van der Waals surface area contributed by atoms with E-state index in [1.165, 1.54) is 12.1 Å². The Hall–Kier alpha value is -2.97. The summed E-state index contributed by atoms with van der Waals surface area (Å²) in [5, 5.41) is 8.57. The summed E-state index contributed by atoms with van der Waals surface area (Å²) in [6, 6.07) is 13.0. The van der Waals surface area contributed by atoms with Crippen LogP contribution >= 0.6 is 0 Å². The van der Waals surface area contributed by atoms with Crippen molar-refractivity contribution in [3.8, 4) is 5.75 Å². The van der Waals surface area contributed by atoms with Gasteiger partial charge < -0.3 is 10.1 Å². The van der Waals surface area contributed by atoms with Crippen LogP contribution in [0.3, 0.4) is 0 Å². The predicted octanol–water partition coefficient (Wildman–Crippen LogP) is 1.82. The highest BCUT2D eigenvalue weighted by molar-refractivity contribution is 7.89. The lowest BCUT2D eigenvalue weighted by Crippen LogP contribution is -2.23. The molecule has 1 aromatic heterocycles. The lowest BCUT2D eigenvalue weighted by atomic mass is 10.1. The van der Waals surface area contributed by atoms with E-state index in [9.17, 15) is 13.2 Å². The number of primary sulfonamides is 1. The summed E-state index contributed by atoms with van der Waals surface area (Å²) in [5.74, 6) is 0.374. The third-order valence-electron chi connectivity index (χ3n) is 3.90. The van der Waals surface area contributed by atoms with Crippen LogP contribution in [0, 0.1) is 0 Å². The molecule has 0 aliphatic heterocycles. The highest BCUT2D eigenvalue weighted by atomic mass is 32.2. The van der Waals surface area contributed by atoms with Crippen molar-refractivity contribution in [3.05, 3.63) is 65.9 Å². The number of carbonyl (C=O) groups excluding carboxylic acids is 1. The Bertz CT molecular complexity index is 1060. The Morgan fingerprint density at radius 3 is 2.54 bits per heavy atom. The summed E-state index contributed by atoms with van der Waals surface area (Å²) in [6.45, 7) is 0.248. The Balaban J connectivity index is 1.79. The van der Waals surface area contributed by atoms with Crippen molar-refractivity contribution in [1.82, 2.24) is 10.3 Å². The van der Waals surface area contributed by atoms with Crippen LogP contribution in [0.25, 0.3) is 10.9 Å². The first-order chi connectivity index (χ1) is 12.4. The second-order valence-corrected chi connectivity index (χ2v) is 7.17. The molecule has 8 heteroatoms. The largest absolute Gasteiger partial charge is 0.497 e. The average Bonchev–Trinajstić information content (AvgIpc) is 2.64. The van der Waals surface area contributed by atoms with Crippen LogP contribution in [0.4, 0.5) is 0 Å². The number of nitrogens with one attached hydrogen (secondary N) is 1. The van der Waals surface area contributed by atoms with Crippen LogP contribution in [0.1, 0.15) is 15.9 Å². The molecule has 7 nitrogen and oxygen atoms in total. The molecule has 1 heterocycles. The highest BCUT2D eigenvalue weighted by Gasteiger charge is 2.12. The Labute approximate surface area is 150 Å². The molecule has 0 saturated carbocycles. The Morgan fingerprint density at radius 1 is 1.15 bits per heavy atom. The number of amides is 1. The first-order valence-electron chi connectivity index (χ1n) is 7.71. The van der Waals surface area contributed by atoms with Gasteiger partial charge in [-0.3, -0.25) is 9.78 Å². The number of hydrogen-bond acceptors (Lipinski definition) is 5. The second kappa shape index (κ2) is 7.11. The average molecular weight is 371 g/mol. The van der Waals surface area contributed by atoms with Crippen molar-refractivity contribution in [1.29, 1.82) is 0 Å². The molecule has 0 bridgehead atoms. The molecule has 0 unspecified atom stereocenters. The van der Waals surface area contributed by atoms with Crippen LogP contribution < -0.4 is 15.2 Å². The molecule has 1 amide bonds. The van der Waals surface area contributed by atoms with Gasteiger partial charge in [0.15, 0.2) is 0 Å². The van der Waals surface area contributed by atoms with Crippen molar-refractivity contribution in [3.63, 3.8) is 0 Å². The second-order valence-electron chi connectivity index (χ2n) is 5.61. The summed E-state index contributed by atoms with van der Waals surface area (Å²) in [6.07, 6.45) is 1.57. The number of rotatable bonds is 5. The van der Waals surface area contributed by atoms with Gasteiger partial charge in [-0.2, -0.15) is 0 Å². The van der Waals surface area contributed by atoms with Crippen molar-refractivity contribution >= 4 is 26.8 Å². The third kappa shape index (κ3) is 3.81. The molecule has 0 atom stereocenters.